The monoisotopic (exact) mass is 203 g/mol. The summed E-state index contributed by atoms with van der Waals surface area (Å²) in [4.78, 5) is 7.94. The number of halogens is 1. The van der Waals surface area contributed by atoms with Crippen LogP contribution in [0.4, 0.5) is 4.39 Å². The first-order valence-corrected chi connectivity index (χ1v) is 4.56. The zero-order chi connectivity index (χ0) is 10.7. The second-order valence-corrected chi connectivity index (χ2v) is 3.11. The standard InChI is InChI=1S/C11H10FN3/c12-10-2-1-8(6-13)5-9(10)11-7-14-3-4-15-11/h1-5,7H,6,13H2. The molecule has 4 heteroatoms. The van der Waals surface area contributed by atoms with Crippen LogP contribution in [-0.2, 0) is 6.54 Å². The number of rotatable bonds is 2. The van der Waals surface area contributed by atoms with E-state index in [0.29, 0.717) is 17.8 Å². The third-order valence-corrected chi connectivity index (χ3v) is 2.11. The van der Waals surface area contributed by atoms with Crippen LogP contribution in [0.1, 0.15) is 5.56 Å². The number of benzene rings is 1. The predicted octanol–water partition coefficient (Wildman–Crippen LogP) is 1.74. The van der Waals surface area contributed by atoms with Crippen LogP contribution in [0.15, 0.2) is 36.8 Å². The maximum atomic E-state index is 13.5. The molecular weight excluding hydrogens is 193 g/mol. The lowest BCUT2D eigenvalue weighted by molar-refractivity contribution is 0.630. The Kier molecular flexibility index (Phi) is 2.69. The minimum atomic E-state index is -0.312. The summed E-state index contributed by atoms with van der Waals surface area (Å²) in [5, 5.41) is 0. The number of nitrogens with zero attached hydrogens (tertiary/aromatic N) is 2. The summed E-state index contributed by atoms with van der Waals surface area (Å²) in [5.41, 5.74) is 7.32. The van der Waals surface area contributed by atoms with Crippen LogP contribution in [0.3, 0.4) is 0 Å². The summed E-state index contributed by atoms with van der Waals surface area (Å²) in [6.45, 7) is 0.382. The SMILES string of the molecule is NCc1ccc(F)c(-c2cnccn2)c1. The molecule has 76 valence electrons. The second kappa shape index (κ2) is 4.14. The molecule has 1 heterocycles. The highest BCUT2D eigenvalue weighted by atomic mass is 19.1. The Bertz CT molecular complexity index is 457. The van der Waals surface area contributed by atoms with Gasteiger partial charge in [-0.1, -0.05) is 6.07 Å². The Morgan fingerprint density at radius 2 is 2.13 bits per heavy atom. The van der Waals surface area contributed by atoms with Gasteiger partial charge in [0.05, 0.1) is 11.9 Å². The highest BCUT2D eigenvalue weighted by Gasteiger charge is 2.06. The summed E-state index contributed by atoms with van der Waals surface area (Å²) in [7, 11) is 0. The van der Waals surface area contributed by atoms with E-state index in [9.17, 15) is 4.39 Å². The van der Waals surface area contributed by atoms with Gasteiger partial charge in [-0.2, -0.15) is 0 Å². The van der Waals surface area contributed by atoms with Crippen molar-refractivity contribution in [3.05, 3.63) is 48.2 Å². The van der Waals surface area contributed by atoms with Gasteiger partial charge in [-0.05, 0) is 17.7 Å². The van der Waals surface area contributed by atoms with Crippen molar-refractivity contribution in [1.29, 1.82) is 0 Å². The zero-order valence-corrected chi connectivity index (χ0v) is 8.02. The number of hydrogen-bond acceptors (Lipinski definition) is 3. The van der Waals surface area contributed by atoms with E-state index in [1.165, 1.54) is 18.5 Å². The molecule has 0 aliphatic heterocycles. The molecule has 0 atom stereocenters. The first kappa shape index (κ1) is 9.73. The van der Waals surface area contributed by atoms with Gasteiger partial charge in [0.1, 0.15) is 5.82 Å². The minimum absolute atomic E-state index is 0.312. The number of hydrogen-bond donors (Lipinski definition) is 1. The maximum absolute atomic E-state index is 13.5. The third kappa shape index (κ3) is 1.99. The second-order valence-electron chi connectivity index (χ2n) is 3.11. The zero-order valence-electron chi connectivity index (χ0n) is 8.02. The predicted molar refractivity (Wildman–Crippen MR) is 55.3 cm³/mol. The van der Waals surface area contributed by atoms with E-state index < -0.39 is 0 Å². The Morgan fingerprint density at radius 1 is 1.27 bits per heavy atom. The molecule has 0 spiro atoms. The van der Waals surface area contributed by atoms with Crippen molar-refractivity contribution in [2.45, 2.75) is 6.54 Å². The van der Waals surface area contributed by atoms with Crippen LogP contribution in [0.5, 0.6) is 0 Å². The largest absolute Gasteiger partial charge is 0.326 e. The quantitative estimate of drug-likeness (QED) is 0.808. The average Bonchev–Trinajstić information content (AvgIpc) is 2.31. The van der Waals surface area contributed by atoms with Gasteiger partial charge in [-0.25, -0.2) is 4.39 Å². The summed E-state index contributed by atoms with van der Waals surface area (Å²) in [6, 6.07) is 4.75. The van der Waals surface area contributed by atoms with Gasteiger partial charge in [-0.15, -0.1) is 0 Å². The van der Waals surface area contributed by atoms with E-state index in [4.69, 9.17) is 5.73 Å². The fourth-order valence-electron chi connectivity index (χ4n) is 1.33. The Labute approximate surface area is 86.8 Å². The van der Waals surface area contributed by atoms with E-state index in [-0.39, 0.29) is 5.82 Å². The third-order valence-electron chi connectivity index (χ3n) is 2.11. The Balaban J connectivity index is 2.52. The van der Waals surface area contributed by atoms with E-state index in [2.05, 4.69) is 9.97 Å². The molecule has 2 N–H and O–H groups in total. The van der Waals surface area contributed by atoms with Gasteiger partial charge in [0.2, 0.25) is 0 Å². The number of aromatic nitrogens is 2. The van der Waals surface area contributed by atoms with E-state index >= 15 is 0 Å². The minimum Gasteiger partial charge on any atom is -0.326 e. The van der Waals surface area contributed by atoms with Crippen LogP contribution >= 0.6 is 0 Å². The van der Waals surface area contributed by atoms with Crippen molar-refractivity contribution >= 4 is 0 Å². The van der Waals surface area contributed by atoms with Crippen molar-refractivity contribution in [2.24, 2.45) is 5.73 Å². The first-order chi connectivity index (χ1) is 7.31. The molecule has 0 radical (unpaired) electrons. The van der Waals surface area contributed by atoms with Gasteiger partial charge in [0.15, 0.2) is 0 Å². The summed E-state index contributed by atoms with van der Waals surface area (Å²) in [5.74, 6) is -0.312. The van der Waals surface area contributed by atoms with Crippen molar-refractivity contribution in [3.63, 3.8) is 0 Å². The lowest BCUT2D eigenvalue weighted by Gasteiger charge is -2.04. The van der Waals surface area contributed by atoms with Crippen molar-refractivity contribution in [2.75, 3.05) is 0 Å². The van der Waals surface area contributed by atoms with Gasteiger partial charge in [0, 0.05) is 24.5 Å². The fraction of sp³-hybridized carbons (Fsp3) is 0.0909. The molecule has 0 aliphatic rings. The molecule has 0 saturated heterocycles. The van der Waals surface area contributed by atoms with Crippen LogP contribution in [-0.4, -0.2) is 9.97 Å². The lowest BCUT2D eigenvalue weighted by Crippen LogP contribution is -1.98. The van der Waals surface area contributed by atoms with E-state index in [1.807, 2.05) is 0 Å². The van der Waals surface area contributed by atoms with Crippen molar-refractivity contribution in [3.8, 4) is 11.3 Å². The molecule has 0 amide bonds. The molecule has 0 fully saturated rings. The Hall–Kier alpha value is -1.81. The molecule has 0 bridgehead atoms. The molecular formula is C11H10FN3. The smallest absolute Gasteiger partial charge is 0.132 e. The van der Waals surface area contributed by atoms with E-state index in [0.717, 1.165) is 5.56 Å². The molecule has 2 aromatic rings. The summed E-state index contributed by atoms with van der Waals surface area (Å²) >= 11 is 0. The van der Waals surface area contributed by atoms with Crippen molar-refractivity contribution in [1.82, 2.24) is 9.97 Å². The molecule has 3 nitrogen and oxygen atoms in total. The van der Waals surface area contributed by atoms with Gasteiger partial charge in [-0.3, -0.25) is 9.97 Å². The molecule has 2 rings (SSSR count). The lowest BCUT2D eigenvalue weighted by atomic mass is 10.1. The van der Waals surface area contributed by atoms with Crippen LogP contribution in [0.25, 0.3) is 11.3 Å². The van der Waals surface area contributed by atoms with E-state index in [1.54, 1.807) is 18.3 Å². The summed E-state index contributed by atoms with van der Waals surface area (Å²) < 4.78 is 13.5. The van der Waals surface area contributed by atoms with Crippen LogP contribution in [0, 0.1) is 5.82 Å². The van der Waals surface area contributed by atoms with Crippen molar-refractivity contribution < 1.29 is 4.39 Å². The van der Waals surface area contributed by atoms with Crippen LogP contribution < -0.4 is 5.73 Å². The molecule has 0 aliphatic carbocycles. The first-order valence-electron chi connectivity index (χ1n) is 4.56. The molecule has 0 unspecified atom stereocenters. The molecule has 1 aromatic heterocycles. The highest BCUT2D eigenvalue weighted by Crippen LogP contribution is 2.20. The normalized spacial score (nSPS) is 10.3. The summed E-state index contributed by atoms with van der Waals surface area (Å²) in [6.07, 6.45) is 4.61. The maximum Gasteiger partial charge on any atom is 0.132 e. The highest BCUT2D eigenvalue weighted by molar-refractivity contribution is 5.59. The molecule has 0 saturated carbocycles. The van der Waals surface area contributed by atoms with Gasteiger partial charge in [0.25, 0.3) is 0 Å². The Morgan fingerprint density at radius 3 is 2.80 bits per heavy atom. The fourth-order valence-corrected chi connectivity index (χ4v) is 1.33. The molecule has 15 heavy (non-hydrogen) atoms. The average molecular weight is 203 g/mol. The molecule has 1 aromatic carbocycles. The van der Waals surface area contributed by atoms with Gasteiger partial charge >= 0.3 is 0 Å². The van der Waals surface area contributed by atoms with Crippen LogP contribution in [0.2, 0.25) is 0 Å². The topological polar surface area (TPSA) is 51.8 Å². The van der Waals surface area contributed by atoms with Gasteiger partial charge < -0.3 is 5.73 Å². The number of nitrogens with two attached hydrogens (primary N) is 1.